The molecule has 0 spiro atoms. The van der Waals surface area contributed by atoms with Crippen LogP contribution < -0.4 is 5.32 Å². The highest BCUT2D eigenvalue weighted by Gasteiger charge is 2.05. The summed E-state index contributed by atoms with van der Waals surface area (Å²) in [7, 11) is 0. The van der Waals surface area contributed by atoms with E-state index in [9.17, 15) is 0 Å². The van der Waals surface area contributed by atoms with Gasteiger partial charge in [0.15, 0.2) is 5.16 Å². The van der Waals surface area contributed by atoms with Gasteiger partial charge in [0.25, 0.3) is 0 Å². The molecule has 0 aliphatic heterocycles. The van der Waals surface area contributed by atoms with E-state index >= 15 is 0 Å². The van der Waals surface area contributed by atoms with Crippen LogP contribution >= 0.6 is 55.2 Å². The van der Waals surface area contributed by atoms with E-state index in [0.29, 0.717) is 16.1 Å². The van der Waals surface area contributed by atoms with Crippen LogP contribution in [0.1, 0.15) is 0 Å². The molecule has 0 amide bonds. The fourth-order valence-corrected chi connectivity index (χ4v) is 3.04. The Hall–Kier alpha value is -0.300. The molecule has 0 saturated carbocycles. The maximum absolute atomic E-state index is 5.94. The zero-order chi connectivity index (χ0) is 13.1. The first-order chi connectivity index (χ1) is 8.58. The second-order valence-corrected chi connectivity index (χ2v) is 6.24. The number of rotatable bonds is 3. The third kappa shape index (κ3) is 3.60. The molecule has 0 fully saturated rings. The van der Waals surface area contributed by atoms with Gasteiger partial charge in [-0.2, -0.15) is 0 Å². The topological polar surface area (TPSA) is 37.8 Å². The van der Waals surface area contributed by atoms with Crippen LogP contribution in [0.4, 0.5) is 11.5 Å². The van der Waals surface area contributed by atoms with Crippen LogP contribution in [0.2, 0.25) is 5.15 Å². The zero-order valence-corrected chi connectivity index (χ0v) is 14.0. The highest BCUT2D eigenvalue weighted by molar-refractivity contribution is 9.11. The number of benzene rings is 1. The van der Waals surface area contributed by atoms with Gasteiger partial charge in [-0.15, -0.1) is 0 Å². The Morgan fingerprint density at radius 3 is 2.67 bits per heavy atom. The molecule has 1 N–H and O–H groups in total. The molecule has 0 atom stereocenters. The summed E-state index contributed by atoms with van der Waals surface area (Å²) in [4.78, 5) is 8.42. The molecule has 1 aromatic heterocycles. The van der Waals surface area contributed by atoms with Gasteiger partial charge < -0.3 is 5.32 Å². The minimum absolute atomic E-state index is 0.421. The van der Waals surface area contributed by atoms with E-state index in [0.717, 1.165) is 14.6 Å². The van der Waals surface area contributed by atoms with Crippen molar-refractivity contribution in [2.45, 2.75) is 5.16 Å². The van der Waals surface area contributed by atoms with Crippen LogP contribution in [0.3, 0.4) is 0 Å². The van der Waals surface area contributed by atoms with Crippen LogP contribution in [-0.4, -0.2) is 16.2 Å². The molecule has 94 valence electrons. The summed E-state index contributed by atoms with van der Waals surface area (Å²) in [6.07, 6.45) is 1.91. The normalized spacial score (nSPS) is 10.4. The van der Waals surface area contributed by atoms with Crippen LogP contribution in [-0.2, 0) is 0 Å². The van der Waals surface area contributed by atoms with Crippen molar-refractivity contribution in [3.8, 4) is 0 Å². The molecular weight excluding hydrogens is 401 g/mol. The SMILES string of the molecule is CSc1nc(Cl)cc(Nc2ccc(Br)cc2Br)n1. The lowest BCUT2D eigenvalue weighted by Crippen LogP contribution is -1.97. The zero-order valence-electron chi connectivity index (χ0n) is 9.25. The maximum Gasteiger partial charge on any atom is 0.190 e. The highest BCUT2D eigenvalue weighted by Crippen LogP contribution is 2.29. The van der Waals surface area contributed by atoms with Gasteiger partial charge >= 0.3 is 0 Å². The van der Waals surface area contributed by atoms with Gasteiger partial charge in [-0.1, -0.05) is 39.3 Å². The van der Waals surface area contributed by atoms with Crippen molar-refractivity contribution in [2.75, 3.05) is 11.6 Å². The number of aromatic nitrogens is 2. The number of thioether (sulfide) groups is 1. The van der Waals surface area contributed by atoms with Crippen molar-refractivity contribution in [3.05, 3.63) is 38.4 Å². The smallest absolute Gasteiger partial charge is 0.190 e. The fourth-order valence-electron chi connectivity index (χ4n) is 1.28. The number of hydrogen-bond acceptors (Lipinski definition) is 4. The number of halogens is 3. The van der Waals surface area contributed by atoms with Crippen molar-refractivity contribution in [1.29, 1.82) is 0 Å². The van der Waals surface area contributed by atoms with Crippen molar-refractivity contribution in [3.63, 3.8) is 0 Å². The van der Waals surface area contributed by atoms with Crippen molar-refractivity contribution >= 4 is 66.7 Å². The summed E-state index contributed by atoms with van der Waals surface area (Å²) in [5.41, 5.74) is 0.917. The van der Waals surface area contributed by atoms with Gasteiger partial charge in [0.05, 0.1) is 5.69 Å². The van der Waals surface area contributed by atoms with Gasteiger partial charge in [-0.05, 0) is 40.4 Å². The average Bonchev–Trinajstić information content (AvgIpc) is 2.32. The molecule has 1 heterocycles. The third-order valence-electron chi connectivity index (χ3n) is 2.05. The number of anilines is 2. The molecule has 3 nitrogen and oxygen atoms in total. The summed E-state index contributed by atoms with van der Waals surface area (Å²) < 4.78 is 1.95. The summed E-state index contributed by atoms with van der Waals surface area (Å²) >= 11 is 14.3. The molecule has 2 rings (SSSR count). The van der Waals surface area contributed by atoms with E-state index in [-0.39, 0.29) is 0 Å². The average molecular weight is 410 g/mol. The lowest BCUT2D eigenvalue weighted by molar-refractivity contribution is 0.976. The first-order valence-corrected chi connectivity index (χ1v) is 8.08. The van der Waals surface area contributed by atoms with E-state index in [1.807, 2.05) is 24.5 Å². The van der Waals surface area contributed by atoms with Crippen LogP contribution in [0, 0.1) is 0 Å². The Balaban J connectivity index is 2.30. The predicted octanol–water partition coefficient (Wildman–Crippen LogP) is 5.12. The second kappa shape index (κ2) is 6.23. The van der Waals surface area contributed by atoms with E-state index in [2.05, 4.69) is 47.1 Å². The minimum atomic E-state index is 0.421. The van der Waals surface area contributed by atoms with Crippen LogP contribution in [0.5, 0.6) is 0 Å². The molecular formula is C11H8Br2ClN3S. The molecule has 0 saturated heterocycles. The minimum Gasteiger partial charge on any atom is -0.339 e. The summed E-state index contributed by atoms with van der Waals surface area (Å²) in [6.45, 7) is 0. The lowest BCUT2D eigenvalue weighted by Gasteiger charge is -2.09. The third-order valence-corrected chi connectivity index (χ3v) is 3.94. The number of nitrogens with zero attached hydrogens (tertiary/aromatic N) is 2. The monoisotopic (exact) mass is 407 g/mol. The standard InChI is InChI=1S/C11H8Br2ClN3S/c1-18-11-16-9(14)5-10(17-11)15-8-3-2-6(12)4-7(8)13/h2-5H,1H3,(H,15,16,17). The summed E-state index contributed by atoms with van der Waals surface area (Å²) in [5.74, 6) is 0.669. The van der Waals surface area contributed by atoms with Crippen molar-refractivity contribution < 1.29 is 0 Å². The summed E-state index contributed by atoms with van der Waals surface area (Å²) in [5, 5.41) is 4.26. The Morgan fingerprint density at radius 2 is 2.00 bits per heavy atom. The molecule has 0 aliphatic carbocycles. The Morgan fingerprint density at radius 1 is 1.22 bits per heavy atom. The van der Waals surface area contributed by atoms with Gasteiger partial charge in [0.2, 0.25) is 0 Å². The van der Waals surface area contributed by atoms with Crippen molar-refractivity contribution in [1.82, 2.24) is 9.97 Å². The fraction of sp³-hybridized carbons (Fsp3) is 0.0909. The molecule has 0 aliphatic rings. The van der Waals surface area contributed by atoms with E-state index < -0.39 is 0 Å². The molecule has 1 aromatic carbocycles. The Kier molecular flexibility index (Phi) is 4.89. The van der Waals surface area contributed by atoms with Crippen LogP contribution in [0.15, 0.2) is 38.4 Å². The first kappa shape index (κ1) is 14.1. The number of hydrogen-bond donors (Lipinski definition) is 1. The van der Waals surface area contributed by atoms with E-state index in [4.69, 9.17) is 11.6 Å². The maximum atomic E-state index is 5.94. The highest BCUT2D eigenvalue weighted by atomic mass is 79.9. The molecule has 0 bridgehead atoms. The lowest BCUT2D eigenvalue weighted by atomic mass is 10.3. The number of nitrogens with one attached hydrogen (secondary N) is 1. The van der Waals surface area contributed by atoms with Crippen LogP contribution in [0.25, 0.3) is 0 Å². The van der Waals surface area contributed by atoms with Gasteiger partial charge in [0.1, 0.15) is 11.0 Å². The Bertz CT molecular complexity index is 580. The molecule has 18 heavy (non-hydrogen) atoms. The van der Waals surface area contributed by atoms with Gasteiger partial charge in [-0.25, -0.2) is 9.97 Å². The van der Waals surface area contributed by atoms with E-state index in [1.165, 1.54) is 11.8 Å². The second-order valence-electron chi connectivity index (χ2n) is 3.31. The van der Waals surface area contributed by atoms with Gasteiger partial charge in [0, 0.05) is 15.0 Å². The largest absolute Gasteiger partial charge is 0.339 e. The van der Waals surface area contributed by atoms with Crippen molar-refractivity contribution in [2.24, 2.45) is 0 Å². The van der Waals surface area contributed by atoms with Gasteiger partial charge in [-0.3, -0.25) is 0 Å². The molecule has 7 heteroatoms. The predicted molar refractivity (Wildman–Crippen MR) is 83.9 cm³/mol. The summed E-state index contributed by atoms with van der Waals surface area (Å²) in [6, 6.07) is 7.55. The molecule has 2 aromatic rings. The first-order valence-electron chi connectivity index (χ1n) is 4.89. The molecule has 0 radical (unpaired) electrons. The Labute approximate surface area is 131 Å². The molecule has 0 unspecified atom stereocenters. The quantitative estimate of drug-likeness (QED) is 0.434. The van der Waals surface area contributed by atoms with E-state index in [1.54, 1.807) is 6.07 Å².